The number of phenolic OH excluding ortho intramolecular Hbond substituents is 1. The monoisotopic (exact) mass is 219 g/mol. The Labute approximate surface area is 90.9 Å². The van der Waals surface area contributed by atoms with E-state index >= 15 is 0 Å². The Morgan fingerprint density at radius 2 is 2.12 bits per heavy atom. The van der Waals surface area contributed by atoms with Crippen LogP contribution in [0.5, 0.6) is 11.6 Å². The lowest BCUT2D eigenvalue weighted by Gasteiger charge is -2.06. The van der Waals surface area contributed by atoms with Gasteiger partial charge in [0.15, 0.2) is 0 Å². The molecule has 0 atom stereocenters. The maximum atomic E-state index is 11.0. The first-order chi connectivity index (χ1) is 7.63. The van der Waals surface area contributed by atoms with Gasteiger partial charge in [-0.05, 0) is 18.2 Å². The Kier molecular flexibility index (Phi) is 2.36. The molecule has 2 aromatic rings. The zero-order valence-electron chi connectivity index (χ0n) is 8.47. The van der Waals surface area contributed by atoms with Gasteiger partial charge in [-0.25, -0.2) is 9.78 Å². The summed E-state index contributed by atoms with van der Waals surface area (Å²) >= 11 is 0. The molecule has 0 amide bonds. The first-order valence-corrected chi connectivity index (χ1v) is 4.52. The molecule has 0 spiro atoms. The highest BCUT2D eigenvalue weighted by molar-refractivity contribution is 6.05. The van der Waals surface area contributed by atoms with E-state index in [2.05, 4.69) is 4.98 Å². The van der Waals surface area contributed by atoms with Crippen molar-refractivity contribution in [3.8, 4) is 11.6 Å². The fraction of sp³-hybridized carbons (Fsp3) is 0.0909. The van der Waals surface area contributed by atoms with E-state index in [0.717, 1.165) is 0 Å². The molecule has 0 saturated carbocycles. The van der Waals surface area contributed by atoms with Crippen molar-refractivity contribution >= 4 is 16.7 Å². The van der Waals surface area contributed by atoms with E-state index in [-0.39, 0.29) is 17.2 Å². The van der Waals surface area contributed by atoms with Crippen LogP contribution in [0.3, 0.4) is 0 Å². The van der Waals surface area contributed by atoms with Crippen molar-refractivity contribution in [2.24, 2.45) is 0 Å². The van der Waals surface area contributed by atoms with Gasteiger partial charge in [-0.15, -0.1) is 0 Å². The molecule has 2 rings (SSSR count). The van der Waals surface area contributed by atoms with Crippen molar-refractivity contribution in [2.45, 2.75) is 0 Å². The van der Waals surface area contributed by atoms with Crippen LogP contribution in [0.15, 0.2) is 24.4 Å². The lowest BCUT2D eigenvalue weighted by molar-refractivity contribution is 0.0698. The number of rotatable bonds is 2. The molecule has 0 aliphatic carbocycles. The summed E-state index contributed by atoms with van der Waals surface area (Å²) in [5.74, 6) is -0.739. The summed E-state index contributed by atoms with van der Waals surface area (Å²) in [5, 5.41) is 19.3. The third-order valence-electron chi connectivity index (χ3n) is 2.26. The number of hydrogen-bond donors (Lipinski definition) is 2. The van der Waals surface area contributed by atoms with E-state index in [1.54, 1.807) is 0 Å². The van der Waals surface area contributed by atoms with E-state index in [4.69, 9.17) is 9.84 Å². The number of carboxylic acids is 1. The van der Waals surface area contributed by atoms with Crippen LogP contribution >= 0.6 is 0 Å². The van der Waals surface area contributed by atoms with Gasteiger partial charge in [-0.2, -0.15) is 0 Å². The number of ether oxygens (including phenoxy) is 1. The van der Waals surface area contributed by atoms with Crippen LogP contribution in [0.2, 0.25) is 0 Å². The van der Waals surface area contributed by atoms with Gasteiger partial charge in [0.05, 0.1) is 12.7 Å². The van der Waals surface area contributed by atoms with E-state index < -0.39 is 5.97 Å². The van der Waals surface area contributed by atoms with Gasteiger partial charge in [0.1, 0.15) is 5.75 Å². The summed E-state index contributed by atoms with van der Waals surface area (Å²) in [5.41, 5.74) is 0.0794. The molecular formula is C11H9NO4. The Morgan fingerprint density at radius 1 is 1.38 bits per heavy atom. The molecule has 0 radical (unpaired) electrons. The first kappa shape index (κ1) is 10.2. The van der Waals surface area contributed by atoms with Gasteiger partial charge in [-0.1, -0.05) is 0 Å². The minimum absolute atomic E-state index is 0.0372. The summed E-state index contributed by atoms with van der Waals surface area (Å²) in [6.45, 7) is 0. The third kappa shape index (κ3) is 1.52. The molecule has 5 heteroatoms. The van der Waals surface area contributed by atoms with Crippen molar-refractivity contribution in [2.75, 3.05) is 7.11 Å². The Bertz CT molecular complexity index is 565. The molecule has 0 aliphatic heterocycles. The normalized spacial score (nSPS) is 10.3. The van der Waals surface area contributed by atoms with E-state index in [1.165, 1.54) is 31.5 Å². The van der Waals surface area contributed by atoms with Crippen molar-refractivity contribution in [1.29, 1.82) is 0 Å². The summed E-state index contributed by atoms with van der Waals surface area (Å²) in [6, 6.07) is 4.38. The molecule has 5 nitrogen and oxygen atoms in total. The molecule has 0 saturated heterocycles. The molecule has 1 aromatic carbocycles. The summed E-state index contributed by atoms with van der Waals surface area (Å²) in [7, 11) is 1.44. The highest BCUT2D eigenvalue weighted by atomic mass is 16.5. The molecule has 0 unspecified atom stereocenters. The fourth-order valence-electron chi connectivity index (χ4n) is 1.54. The predicted octanol–water partition coefficient (Wildman–Crippen LogP) is 1.65. The molecule has 0 bridgehead atoms. The van der Waals surface area contributed by atoms with Gasteiger partial charge in [-0.3, -0.25) is 0 Å². The zero-order valence-corrected chi connectivity index (χ0v) is 8.47. The van der Waals surface area contributed by atoms with Gasteiger partial charge >= 0.3 is 5.97 Å². The zero-order chi connectivity index (χ0) is 11.7. The second-order valence-corrected chi connectivity index (χ2v) is 3.22. The van der Waals surface area contributed by atoms with Gasteiger partial charge in [0.25, 0.3) is 0 Å². The quantitative estimate of drug-likeness (QED) is 0.802. The largest absolute Gasteiger partial charge is 0.508 e. The van der Waals surface area contributed by atoms with Crippen molar-refractivity contribution < 1.29 is 19.7 Å². The van der Waals surface area contributed by atoms with E-state index in [9.17, 15) is 9.90 Å². The smallest absolute Gasteiger partial charge is 0.337 e. The second-order valence-electron chi connectivity index (χ2n) is 3.22. The highest BCUT2D eigenvalue weighted by Crippen LogP contribution is 2.29. The van der Waals surface area contributed by atoms with Crippen LogP contribution in [0.25, 0.3) is 10.8 Å². The summed E-state index contributed by atoms with van der Waals surface area (Å²) in [4.78, 5) is 14.8. The predicted molar refractivity (Wildman–Crippen MR) is 56.9 cm³/mol. The number of methoxy groups -OCH3 is 1. The minimum Gasteiger partial charge on any atom is -0.508 e. The van der Waals surface area contributed by atoms with Crippen LogP contribution in [0.1, 0.15) is 10.4 Å². The fourth-order valence-corrected chi connectivity index (χ4v) is 1.54. The van der Waals surface area contributed by atoms with Crippen LogP contribution < -0.4 is 4.74 Å². The highest BCUT2D eigenvalue weighted by Gasteiger charge is 2.13. The average molecular weight is 219 g/mol. The van der Waals surface area contributed by atoms with Gasteiger partial charge < -0.3 is 14.9 Å². The lowest BCUT2D eigenvalue weighted by atomic mass is 10.1. The number of aromatic hydroxyl groups is 1. The number of hydrogen-bond acceptors (Lipinski definition) is 4. The molecule has 2 N–H and O–H groups in total. The van der Waals surface area contributed by atoms with Gasteiger partial charge in [0, 0.05) is 17.0 Å². The maximum absolute atomic E-state index is 11.0. The Hall–Kier alpha value is -2.30. The molecule has 0 fully saturated rings. The lowest BCUT2D eigenvalue weighted by Crippen LogP contribution is -2.00. The number of carbonyl (C=O) groups is 1. The van der Waals surface area contributed by atoms with Gasteiger partial charge in [0.2, 0.25) is 5.88 Å². The number of fused-ring (bicyclic) bond motifs is 1. The molecule has 82 valence electrons. The molecule has 16 heavy (non-hydrogen) atoms. The van der Waals surface area contributed by atoms with E-state index in [0.29, 0.717) is 10.8 Å². The van der Waals surface area contributed by atoms with Crippen LogP contribution in [0.4, 0.5) is 0 Å². The first-order valence-electron chi connectivity index (χ1n) is 4.52. The standard InChI is InChI=1S/C11H9NO4/c1-16-10-8-4-6(13)2-3-7(8)9(5-12-10)11(14)15/h2-5,13H,1H3,(H,14,15). The van der Waals surface area contributed by atoms with Crippen molar-refractivity contribution in [1.82, 2.24) is 4.98 Å². The Balaban J connectivity index is 2.85. The minimum atomic E-state index is -1.06. The average Bonchev–Trinajstić information content (AvgIpc) is 2.27. The maximum Gasteiger partial charge on any atom is 0.337 e. The summed E-state index contributed by atoms with van der Waals surface area (Å²) in [6.07, 6.45) is 1.24. The van der Waals surface area contributed by atoms with E-state index in [1.807, 2.05) is 0 Å². The topological polar surface area (TPSA) is 79.7 Å². The van der Waals surface area contributed by atoms with Crippen molar-refractivity contribution in [3.05, 3.63) is 30.0 Å². The van der Waals surface area contributed by atoms with Crippen molar-refractivity contribution in [3.63, 3.8) is 0 Å². The van der Waals surface area contributed by atoms with Crippen LogP contribution in [-0.2, 0) is 0 Å². The number of benzene rings is 1. The number of pyridine rings is 1. The number of carboxylic acid groups (broad SMARTS) is 1. The molecular weight excluding hydrogens is 210 g/mol. The second kappa shape index (κ2) is 3.69. The molecule has 0 aliphatic rings. The number of aromatic carboxylic acids is 1. The number of nitrogens with zero attached hydrogens (tertiary/aromatic N) is 1. The number of phenols is 1. The molecule has 1 heterocycles. The summed E-state index contributed by atoms with van der Waals surface area (Å²) < 4.78 is 5.00. The third-order valence-corrected chi connectivity index (χ3v) is 2.26. The van der Waals surface area contributed by atoms with Crippen LogP contribution in [-0.4, -0.2) is 28.3 Å². The van der Waals surface area contributed by atoms with Crippen LogP contribution in [0, 0.1) is 0 Å². The number of aromatic nitrogens is 1. The molecule has 1 aromatic heterocycles. The SMILES string of the molecule is COc1ncc(C(=O)O)c2ccc(O)cc12. The Morgan fingerprint density at radius 3 is 2.75 bits per heavy atom.